The standard InChI is InChI=1S/C12H14O/c1-9(2)12-6-4-11(5-7-12)8-10(3)13/h4-7H,1,8H2,2-3H3/i4D. The van der Waals surface area contributed by atoms with Gasteiger partial charge in [-0.15, -0.1) is 0 Å². The molecule has 0 heterocycles. The van der Waals surface area contributed by atoms with E-state index in [1.807, 2.05) is 19.1 Å². The maximum absolute atomic E-state index is 10.9. The maximum Gasteiger partial charge on any atom is 0.134 e. The first-order chi connectivity index (χ1) is 6.50. The highest BCUT2D eigenvalue weighted by Gasteiger charge is 1.97. The molecule has 0 unspecified atom stereocenters. The van der Waals surface area contributed by atoms with Gasteiger partial charge in [-0.1, -0.05) is 36.4 Å². The molecule has 0 saturated carbocycles. The molecule has 0 aliphatic rings. The molecule has 0 aromatic heterocycles. The molecule has 0 amide bonds. The molecule has 13 heavy (non-hydrogen) atoms. The van der Waals surface area contributed by atoms with E-state index in [1.54, 1.807) is 6.07 Å². The lowest BCUT2D eigenvalue weighted by Gasteiger charge is -2.01. The number of rotatable bonds is 3. The first kappa shape index (κ1) is 8.24. The van der Waals surface area contributed by atoms with Gasteiger partial charge in [0.2, 0.25) is 0 Å². The van der Waals surface area contributed by atoms with Gasteiger partial charge >= 0.3 is 0 Å². The Balaban J connectivity index is 3.01. The van der Waals surface area contributed by atoms with Gasteiger partial charge in [0.1, 0.15) is 5.78 Å². The van der Waals surface area contributed by atoms with Crippen molar-refractivity contribution in [3.8, 4) is 0 Å². The molecular formula is C12H14O. The molecule has 1 heteroatoms. The molecular weight excluding hydrogens is 160 g/mol. The van der Waals surface area contributed by atoms with Crippen LogP contribution < -0.4 is 0 Å². The number of Topliss-reactive ketones (excluding diaryl/α,β-unsaturated/α-hetero) is 1. The molecule has 1 rings (SSSR count). The zero-order valence-corrected chi connectivity index (χ0v) is 8.05. The summed E-state index contributed by atoms with van der Waals surface area (Å²) in [6, 6.07) is 5.90. The second-order valence-corrected chi connectivity index (χ2v) is 3.26. The van der Waals surface area contributed by atoms with E-state index in [0.29, 0.717) is 12.5 Å². The van der Waals surface area contributed by atoms with E-state index in [2.05, 4.69) is 6.58 Å². The van der Waals surface area contributed by atoms with Crippen LogP contribution in [-0.2, 0) is 11.2 Å². The largest absolute Gasteiger partial charge is 0.300 e. The quantitative estimate of drug-likeness (QED) is 0.690. The van der Waals surface area contributed by atoms with Crippen molar-refractivity contribution in [2.24, 2.45) is 0 Å². The Hall–Kier alpha value is -1.37. The predicted molar refractivity (Wildman–Crippen MR) is 55.5 cm³/mol. The van der Waals surface area contributed by atoms with Gasteiger partial charge in [0.05, 0.1) is 1.37 Å². The number of carbonyl (C=O) groups is 1. The van der Waals surface area contributed by atoms with Crippen molar-refractivity contribution in [1.82, 2.24) is 0 Å². The number of hydrogen-bond acceptors (Lipinski definition) is 1. The summed E-state index contributed by atoms with van der Waals surface area (Å²) in [6.45, 7) is 7.24. The Morgan fingerprint density at radius 3 is 2.62 bits per heavy atom. The first-order valence-corrected chi connectivity index (χ1v) is 4.25. The van der Waals surface area contributed by atoms with Crippen LogP contribution in [0.2, 0.25) is 0 Å². The van der Waals surface area contributed by atoms with Gasteiger partial charge in [0, 0.05) is 6.42 Å². The van der Waals surface area contributed by atoms with Crippen molar-refractivity contribution in [2.45, 2.75) is 20.3 Å². The predicted octanol–water partition coefficient (Wildman–Crippen LogP) is 2.85. The summed E-state index contributed by atoms with van der Waals surface area (Å²) < 4.78 is 7.70. The lowest BCUT2D eigenvalue weighted by atomic mass is 10.0. The van der Waals surface area contributed by atoms with Crippen LogP contribution in [-0.4, -0.2) is 5.78 Å². The number of benzene rings is 1. The fraction of sp³-hybridized carbons (Fsp3) is 0.250. The topological polar surface area (TPSA) is 17.1 Å². The number of allylic oxidation sites excluding steroid dienone is 1. The summed E-state index contributed by atoms with van der Waals surface area (Å²) in [5.41, 5.74) is 2.68. The SMILES string of the molecule is [2H]c1cc(C(=C)C)ccc1CC(C)=O. The Morgan fingerprint density at radius 2 is 2.15 bits per heavy atom. The van der Waals surface area contributed by atoms with Gasteiger partial charge in [-0.25, -0.2) is 0 Å². The minimum atomic E-state index is 0.0848. The second kappa shape index (κ2) is 4.04. The molecule has 0 bridgehead atoms. The van der Waals surface area contributed by atoms with Gasteiger partial charge in [-0.05, 0) is 25.0 Å². The molecule has 0 fully saturated rings. The molecule has 0 aliphatic heterocycles. The van der Waals surface area contributed by atoms with Gasteiger partial charge in [0.25, 0.3) is 0 Å². The van der Waals surface area contributed by atoms with Gasteiger partial charge in [0.15, 0.2) is 0 Å². The third-order valence-electron chi connectivity index (χ3n) is 1.81. The Bertz CT molecular complexity index is 380. The molecule has 0 radical (unpaired) electrons. The lowest BCUT2D eigenvalue weighted by Crippen LogP contribution is -1.95. The average Bonchev–Trinajstić information content (AvgIpc) is 2.07. The van der Waals surface area contributed by atoms with Gasteiger partial charge < -0.3 is 0 Å². The molecule has 0 spiro atoms. The molecule has 1 aromatic rings. The highest BCUT2D eigenvalue weighted by molar-refractivity contribution is 5.78. The fourth-order valence-corrected chi connectivity index (χ4v) is 1.10. The van der Waals surface area contributed by atoms with Gasteiger partial charge in [-0.2, -0.15) is 0 Å². The van der Waals surface area contributed by atoms with E-state index >= 15 is 0 Å². The van der Waals surface area contributed by atoms with Crippen molar-refractivity contribution in [1.29, 1.82) is 0 Å². The third-order valence-corrected chi connectivity index (χ3v) is 1.81. The number of hydrogen-bond donors (Lipinski definition) is 0. The van der Waals surface area contributed by atoms with Crippen LogP contribution in [0, 0.1) is 0 Å². The molecule has 0 aliphatic carbocycles. The van der Waals surface area contributed by atoms with Crippen molar-refractivity contribution in [2.75, 3.05) is 0 Å². The van der Waals surface area contributed by atoms with Crippen LogP contribution in [0.1, 0.15) is 26.3 Å². The van der Waals surface area contributed by atoms with Gasteiger partial charge in [-0.3, -0.25) is 4.79 Å². The third kappa shape index (κ3) is 2.86. The smallest absolute Gasteiger partial charge is 0.134 e. The second-order valence-electron chi connectivity index (χ2n) is 3.26. The Labute approximate surface area is 80.5 Å². The molecule has 0 saturated heterocycles. The van der Waals surface area contributed by atoms with E-state index < -0.39 is 0 Å². The minimum absolute atomic E-state index is 0.0848. The van der Waals surface area contributed by atoms with Crippen molar-refractivity contribution >= 4 is 11.4 Å². The summed E-state index contributed by atoms with van der Waals surface area (Å²) in [4.78, 5) is 10.9. The summed E-state index contributed by atoms with van der Waals surface area (Å²) in [5.74, 6) is 0.0848. The van der Waals surface area contributed by atoms with Crippen LogP contribution >= 0.6 is 0 Å². The van der Waals surface area contributed by atoms with Crippen LogP contribution in [0.4, 0.5) is 0 Å². The lowest BCUT2D eigenvalue weighted by molar-refractivity contribution is -0.116. The van der Waals surface area contributed by atoms with E-state index in [9.17, 15) is 4.79 Å². The normalized spacial score (nSPS) is 10.8. The monoisotopic (exact) mass is 175 g/mol. The maximum atomic E-state index is 10.9. The molecule has 1 aromatic carbocycles. The summed E-state index contributed by atoms with van der Waals surface area (Å²) in [5, 5.41) is 0. The molecule has 0 N–H and O–H groups in total. The zero-order valence-electron chi connectivity index (χ0n) is 9.05. The summed E-state index contributed by atoms with van der Waals surface area (Å²) >= 11 is 0. The van der Waals surface area contributed by atoms with Crippen LogP contribution in [0.25, 0.3) is 5.57 Å². The fourth-order valence-electron chi connectivity index (χ4n) is 1.10. The zero-order chi connectivity index (χ0) is 10.7. The minimum Gasteiger partial charge on any atom is -0.300 e. The van der Waals surface area contributed by atoms with Crippen molar-refractivity contribution in [3.05, 3.63) is 41.9 Å². The molecule has 1 nitrogen and oxygen atoms in total. The van der Waals surface area contributed by atoms with E-state index in [1.165, 1.54) is 6.92 Å². The highest BCUT2D eigenvalue weighted by atomic mass is 16.1. The van der Waals surface area contributed by atoms with E-state index in [4.69, 9.17) is 1.37 Å². The average molecular weight is 175 g/mol. The van der Waals surface area contributed by atoms with Crippen molar-refractivity contribution < 1.29 is 6.17 Å². The van der Waals surface area contributed by atoms with E-state index in [-0.39, 0.29) is 5.78 Å². The highest BCUT2D eigenvalue weighted by Crippen LogP contribution is 2.12. The van der Waals surface area contributed by atoms with Crippen molar-refractivity contribution in [3.63, 3.8) is 0 Å². The van der Waals surface area contributed by atoms with Crippen LogP contribution in [0.3, 0.4) is 0 Å². The summed E-state index contributed by atoms with van der Waals surface area (Å²) in [7, 11) is 0. The molecule has 68 valence electrons. The molecule has 0 atom stereocenters. The first-order valence-electron chi connectivity index (χ1n) is 4.75. The summed E-state index contributed by atoms with van der Waals surface area (Å²) in [6.07, 6.45) is 0.343. The number of ketones is 1. The Morgan fingerprint density at radius 1 is 1.46 bits per heavy atom. The van der Waals surface area contributed by atoms with Crippen LogP contribution in [0.5, 0.6) is 0 Å². The van der Waals surface area contributed by atoms with E-state index in [0.717, 1.165) is 16.7 Å². The number of carbonyl (C=O) groups excluding carboxylic acids is 1. The van der Waals surface area contributed by atoms with Crippen LogP contribution in [0.15, 0.2) is 30.8 Å². The Kier molecular flexibility index (Phi) is 2.56.